The summed E-state index contributed by atoms with van der Waals surface area (Å²) >= 11 is 25.2. The van der Waals surface area contributed by atoms with E-state index in [9.17, 15) is 39.6 Å². The summed E-state index contributed by atoms with van der Waals surface area (Å²) in [5.41, 5.74) is 18.8. The second kappa shape index (κ2) is 49.6. The highest BCUT2D eigenvalue weighted by Crippen LogP contribution is 2.34. The van der Waals surface area contributed by atoms with Gasteiger partial charge in [-0.2, -0.15) is 0 Å². The molecule has 25 nitrogen and oxygen atoms in total. The van der Waals surface area contributed by atoms with Gasteiger partial charge in [-0.1, -0.05) is 176 Å². The predicted molar refractivity (Wildman–Crippen MR) is 559 cm³/mol. The van der Waals surface area contributed by atoms with Crippen molar-refractivity contribution in [2.45, 2.75) is 188 Å². The number of aliphatic hydroxyl groups excluding tert-OH is 4. The van der Waals surface area contributed by atoms with E-state index in [1.54, 1.807) is 79.0 Å². The van der Waals surface area contributed by atoms with Crippen molar-refractivity contribution in [3.05, 3.63) is 350 Å². The number of rotatable bonds is 36. The number of hydrogen-bond acceptors (Lipinski definition) is 17. The molecule has 4 atom stereocenters. The minimum Gasteiger partial charge on any atom is -0.489 e. The molecule has 734 valence electrons. The summed E-state index contributed by atoms with van der Waals surface area (Å²) in [4.78, 5) is 74.3. The van der Waals surface area contributed by atoms with Crippen molar-refractivity contribution in [2.75, 3.05) is 26.4 Å². The number of aromatic nitrogens is 9. The fraction of sp³-hybridized carbons (Fsp3) is 0.295. The molecule has 29 heteroatoms. The Kier molecular flexibility index (Phi) is 36.9. The highest BCUT2D eigenvalue weighted by Gasteiger charge is 2.25. The topological polar surface area (TPSA) is 316 Å². The number of imidazole rings is 4. The average Bonchev–Trinajstić information content (AvgIpc) is 1.64. The SMILES string of the molecule is CC(C)Oc1ccc(C(=O)N[C@H](CCO)Cc2ccc(-c3ccc4nc(C(C)(C)C)cn4c3)cc2)cc1Cl.CC(C)Oc1ccc(C(=O)N[C@H](CCO)Cc2ccc(-c3cn4ccccc4n3)cc2)cc1Cl.CC(C)Oc1ccc(C(=O)N[C@H](CCO)Cc2ccc(-c3cn4cccnc4n3)cc2)cc1Cl.Cc1cccc2nc(-c3ccc(C[C@@H](CCO)NC(=O)c4ccc(OC(C)C)c(Cl)c4)cc3)cn12. The van der Waals surface area contributed by atoms with E-state index in [0.29, 0.717) is 122 Å². The first-order valence-electron chi connectivity index (χ1n) is 47.3. The Labute approximate surface area is 842 Å². The first kappa shape index (κ1) is 105. The van der Waals surface area contributed by atoms with Crippen molar-refractivity contribution < 1.29 is 58.6 Å². The average molecular weight is 1980 g/mol. The van der Waals surface area contributed by atoms with Crippen LogP contribution in [0.4, 0.5) is 0 Å². The number of pyridine rings is 3. The molecular weight excluding hydrogens is 1860 g/mol. The van der Waals surface area contributed by atoms with Gasteiger partial charge in [-0.25, -0.2) is 24.9 Å². The van der Waals surface area contributed by atoms with Crippen LogP contribution in [0.1, 0.15) is 177 Å². The molecule has 8 heterocycles. The van der Waals surface area contributed by atoms with Crippen LogP contribution in [0.5, 0.6) is 23.0 Å². The zero-order chi connectivity index (χ0) is 101. The first-order chi connectivity index (χ1) is 67.7. The van der Waals surface area contributed by atoms with Gasteiger partial charge in [-0.3, -0.25) is 23.6 Å². The molecule has 0 aliphatic heterocycles. The lowest BCUT2D eigenvalue weighted by Gasteiger charge is -2.19. The van der Waals surface area contributed by atoms with Crippen molar-refractivity contribution in [1.82, 2.24) is 63.8 Å². The van der Waals surface area contributed by atoms with E-state index in [1.165, 1.54) is 0 Å². The zero-order valence-corrected chi connectivity index (χ0v) is 84.2. The fourth-order valence-electron chi connectivity index (χ4n) is 15.8. The number of nitrogens with zero attached hydrogens (tertiary/aromatic N) is 9. The standard InChI is InChI=1S/C31H36ClN3O3.C28H30ClN3O3.C27H28ClN3O3.C26H27ClN4O3/c1-20(2)38-27-12-10-23(17-26(27)32)30(37)33-25(14-15-36)16-21-6-8-22(9-7-21)24-11-13-29-34-28(31(3,4)5)19-35(29)18-24;1-18(2)35-26-12-11-22(16-24(26)29)28(34)30-23(13-14-33)15-20-7-9-21(10-8-20)25-17-32-19(3)5-4-6-27(32)31-25;1-18(2)34-25-11-10-21(16-23(25)28)27(33)29-22(12-14-32)15-19-6-8-20(9-7-19)24-17-31-13-4-3-5-26(31)30-24;1-17(2)34-24-9-8-20(15-22(24)27)25(33)29-21(10-13-32)14-18-4-6-19(7-5-18)23-16-31-12-3-11-28-26(31)30-23/h6-13,17-20,25,36H,14-16H2,1-5H3,(H,33,37);4-12,16-18,23,33H,13-15H2,1-3H3,(H,30,34);3-11,13,16-18,22,32H,12,14-15H2,1-2H3,(H,29,33);3-9,11-12,15-17,21,32H,10,13-14H2,1-2H3,(H,29,33)/t25-;23-;22-;21-/m1111/s1. The van der Waals surface area contributed by atoms with Gasteiger partial charge in [-0.05, 0) is 262 Å². The number of aryl methyl sites for hydroxylation is 1. The predicted octanol–water partition coefficient (Wildman–Crippen LogP) is 21.7. The van der Waals surface area contributed by atoms with Crippen LogP contribution in [-0.2, 0) is 31.1 Å². The number of amides is 4. The van der Waals surface area contributed by atoms with E-state index >= 15 is 0 Å². The molecule has 0 aliphatic carbocycles. The van der Waals surface area contributed by atoms with Crippen LogP contribution in [-0.4, -0.2) is 162 Å². The van der Waals surface area contributed by atoms with E-state index in [4.69, 9.17) is 75.3 Å². The second-order valence-corrected chi connectivity index (χ2v) is 38.3. The van der Waals surface area contributed by atoms with Crippen LogP contribution in [0.3, 0.4) is 0 Å². The number of benzene rings is 8. The number of nitrogens with one attached hydrogen (secondary N) is 4. The summed E-state index contributed by atoms with van der Waals surface area (Å²) in [6, 6.07) is 69.7. The van der Waals surface area contributed by atoms with Gasteiger partial charge in [0.1, 0.15) is 39.9 Å². The van der Waals surface area contributed by atoms with Gasteiger partial charge >= 0.3 is 0 Å². The number of fused-ring (bicyclic) bond motifs is 4. The van der Waals surface area contributed by atoms with Crippen LogP contribution in [0.25, 0.3) is 67.6 Å². The van der Waals surface area contributed by atoms with Gasteiger partial charge in [0, 0.05) is 150 Å². The summed E-state index contributed by atoms with van der Waals surface area (Å²) in [5, 5.41) is 51.9. The fourth-order valence-corrected chi connectivity index (χ4v) is 16.7. The first-order valence-corrected chi connectivity index (χ1v) is 48.8. The molecule has 0 fully saturated rings. The summed E-state index contributed by atoms with van der Waals surface area (Å²) < 4.78 is 30.6. The van der Waals surface area contributed by atoms with Crippen molar-refractivity contribution in [3.63, 3.8) is 0 Å². The molecular formula is C112H121Cl4N13O12. The number of halogens is 4. The Morgan fingerprint density at radius 3 is 1.04 bits per heavy atom. The van der Waals surface area contributed by atoms with Crippen molar-refractivity contribution in [3.8, 4) is 67.9 Å². The van der Waals surface area contributed by atoms with Gasteiger partial charge in [0.15, 0.2) is 0 Å². The third-order valence-electron chi connectivity index (χ3n) is 23.0. The summed E-state index contributed by atoms with van der Waals surface area (Å²) in [5.74, 6) is 1.88. The van der Waals surface area contributed by atoms with E-state index in [0.717, 1.165) is 95.5 Å². The second-order valence-electron chi connectivity index (χ2n) is 36.7. The molecule has 16 aromatic rings. The van der Waals surface area contributed by atoms with Gasteiger partial charge in [0.25, 0.3) is 23.6 Å². The van der Waals surface area contributed by atoms with Crippen molar-refractivity contribution in [2.24, 2.45) is 0 Å². The van der Waals surface area contributed by atoms with Crippen LogP contribution >= 0.6 is 46.4 Å². The monoisotopic (exact) mass is 1980 g/mol. The molecule has 4 amide bonds. The van der Waals surface area contributed by atoms with Crippen molar-refractivity contribution >= 4 is 92.8 Å². The van der Waals surface area contributed by atoms with Crippen LogP contribution < -0.4 is 40.2 Å². The zero-order valence-electron chi connectivity index (χ0n) is 81.2. The highest BCUT2D eigenvalue weighted by molar-refractivity contribution is 6.33. The van der Waals surface area contributed by atoms with Gasteiger partial charge in [0.2, 0.25) is 5.78 Å². The Balaban J connectivity index is 0.000000158. The molecule has 8 N–H and O–H groups in total. The molecule has 0 saturated carbocycles. The molecule has 0 radical (unpaired) electrons. The molecule has 141 heavy (non-hydrogen) atoms. The molecule has 8 aromatic heterocycles. The Bertz CT molecular complexity index is 6630. The summed E-state index contributed by atoms with van der Waals surface area (Å²) in [6.45, 7) is 23.8. The molecule has 0 bridgehead atoms. The van der Waals surface area contributed by atoms with Gasteiger partial charge in [-0.15, -0.1) is 0 Å². The normalized spacial score (nSPS) is 12.3. The van der Waals surface area contributed by atoms with E-state index in [1.807, 2.05) is 210 Å². The van der Waals surface area contributed by atoms with Crippen molar-refractivity contribution in [1.29, 1.82) is 0 Å². The number of carbonyl (C=O) groups excluding carboxylic acids is 4. The lowest BCUT2D eigenvalue weighted by molar-refractivity contribution is 0.0921. The van der Waals surface area contributed by atoms with E-state index in [-0.39, 0.29) is 104 Å². The summed E-state index contributed by atoms with van der Waals surface area (Å²) in [7, 11) is 0. The number of carbonyl (C=O) groups is 4. The number of hydrogen-bond donors (Lipinski definition) is 8. The molecule has 0 saturated heterocycles. The number of aliphatic hydroxyl groups is 4. The molecule has 0 aliphatic rings. The maximum atomic E-state index is 12.9. The molecule has 16 rings (SSSR count). The van der Waals surface area contributed by atoms with E-state index < -0.39 is 0 Å². The van der Waals surface area contributed by atoms with Gasteiger partial charge in [0.05, 0.1) is 67.3 Å². The maximum Gasteiger partial charge on any atom is 0.251 e. The quantitative estimate of drug-likeness (QED) is 0.0181. The Hall–Kier alpha value is -13.5. The largest absolute Gasteiger partial charge is 0.489 e. The Morgan fingerprint density at radius 2 is 0.688 bits per heavy atom. The molecule has 8 aromatic carbocycles. The van der Waals surface area contributed by atoms with Crippen LogP contribution in [0.2, 0.25) is 20.1 Å². The molecule has 0 unspecified atom stereocenters. The third kappa shape index (κ3) is 29.6. The minimum absolute atomic E-state index is 0.00769. The smallest absolute Gasteiger partial charge is 0.251 e. The van der Waals surface area contributed by atoms with E-state index in [2.05, 4.69) is 122 Å². The Morgan fingerprint density at radius 1 is 0.348 bits per heavy atom. The van der Waals surface area contributed by atoms with Crippen LogP contribution in [0.15, 0.2) is 274 Å². The van der Waals surface area contributed by atoms with Gasteiger partial charge < -0.3 is 73.8 Å². The lowest BCUT2D eigenvalue weighted by atomic mass is 9.93. The maximum absolute atomic E-state index is 12.9. The molecule has 0 spiro atoms. The summed E-state index contributed by atoms with van der Waals surface area (Å²) in [6.07, 6.45) is 19.9. The number of ether oxygens (including phenoxy) is 4. The third-order valence-corrected chi connectivity index (χ3v) is 24.1. The highest BCUT2D eigenvalue weighted by atomic mass is 35.5. The minimum atomic E-state index is -0.245. The van der Waals surface area contributed by atoms with Crippen LogP contribution in [0, 0.1) is 6.92 Å². The lowest BCUT2D eigenvalue weighted by Crippen LogP contribution is -2.37.